The molecule has 9 nitrogen and oxygen atoms in total. The van der Waals surface area contributed by atoms with Crippen molar-refractivity contribution in [2.24, 2.45) is 11.1 Å². The predicted octanol–water partition coefficient (Wildman–Crippen LogP) is 1.69. The summed E-state index contributed by atoms with van der Waals surface area (Å²) in [7, 11) is -0.161. The van der Waals surface area contributed by atoms with Gasteiger partial charge in [-0.05, 0) is 36.6 Å². The molecule has 1 aromatic carbocycles. The second kappa shape index (κ2) is 7.36. The molecule has 3 rings (SSSR count). The maximum absolute atomic E-state index is 12.7. The zero-order valence-electron chi connectivity index (χ0n) is 16.2. The first kappa shape index (κ1) is 20.0. The SMILES string of the molecule is CC(C)CC1C(=O)N(C)c2cnc(Nc3ccc(S(N)(=O)=O)cc3)nc2N1C. The van der Waals surface area contributed by atoms with Crippen molar-refractivity contribution in [2.75, 3.05) is 29.2 Å². The van der Waals surface area contributed by atoms with Crippen molar-refractivity contribution in [3.63, 3.8) is 0 Å². The van der Waals surface area contributed by atoms with Crippen LogP contribution in [0.5, 0.6) is 0 Å². The molecule has 0 saturated carbocycles. The maximum Gasteiger partial charge on any atom is 0.249 e. The smallest absolute Gasteiger partial charge is 0.249 e. The number of sulfonamides is 1. The number of likely N-dealkylation sites (N-methyl/N-ethyl adjacent to an activating group) is 2. The summed E-state index contributed by atoms with van der Waals surface area (Å²) in [4.78, 5) is 25.0. The molecule has 0 fully saturated rings. The van der Waals surface area contributed by atoms with Crippen molar-refractivity contribution in [3.8, 4) is 0 Å². The molecular weight excluding hydrogens is 380 g/mol. The van der Waals surface area contributed by atoms with Gasteiger partial charge in [0, 0.05) is 19.8 Å². The Morgan fingerprint density at radius 3 is 2.43 bits per heavy atom. The van der Waals surface area contributed by atoms with Crippen molar-refractivity contribution >= 4 is 39.1 Å². The molecule has 0 radical (unpaired) electrons. The summed E-state index contributed by atoms with van der Waals surface area (Å²) in [5.74, 6) is 1.39. The molecule has 0 bridgehead atoms. The van der Waals surface area contributed by atoms with Gasteiger partial charge in [-0.3, -0.25) is 4.79 Å². The first-order chi connectivity index (χ1) is 13.1. The molecular formula is C18H24N6O3S. The molecule has 0 spiro atoms. The van der Waals surface area contributed by atoms with Gasteiger partial charge in [0.25, 0.3) is 0 Å². The lowest BCUT2D eigenvalue weighted by Crippen LogP contribution is -2.51. The molecule has 1 atom stereocenters. The number of nitrogens with zero attached hydrogens (tertiary/aromatic N) is 4. The monoisotopic (exact) mass is 404 g/mol. The van der Waals surface area contributed by atoms with Gasteiger partial charge in [-0.15, -0.1) is 0 Å². The van der Waals surface area contributed by atoms with Gasteiger partial charge in [-0.2, -0.15) is 4.98 Å². The van der Waals surface area contributed by atoms with E-state index >= 15 is 0 Å². The summed E-state index contributed by atoms with van der Waals surface area (Å²) < 4.78 is 22.7. The predicted molar refractivity (Wildman–Crippen MR) is 108 cm³/mol. The molecule has 1 amide bonds. The van der Waals surface area contributed by atoms with Gasteiger partial charge < -0.3 is 15.1 Å². The Hall–Kier alpha value is -2.72. The maximum atomic E-state index is 12.7. The quantitative estimate of drug-likeness (QED) is 0.778. The number of carbonyl (C=O) groups is 1. The average molecular weight is 404 g/mol. The standard InChI is InChI=1S/C18H24N6O3S/c1-11(2)9-14-17(25)24(4)15-10-20-18(22-16(15)23(14)3)21-12-5-7-13(8-6-12)28(19,26)27/h5-8,10-11,14H,9H2,1-4H3,(H2,19,26,27)(H,20,21,22). The van der Waals surface area contributed by atoms with Crippen LogP contribution in [0.25, 0.3) is 0 Å². The van der Waals surface area contributed by atoms with E-state index in [9.17, 15) is 13.2 Å². The van der Waals surface area contributed by atoms with Crippen molar-refractivity contribution in [1.29, 1.82) is 0 Å². The minimum absolute atomic E-state index is 0.0200. The molecule has 2 aromatic rings. The fourth-order valence-electron chi connectivity index (χ4n) is 3.14. The average Bonchev–Trinajstić information content (AvgIpc) is 2.63. The fourth-order valence-corrected chi connectivity index (χ4v) is 3.66. The van der Waals surface area contributed by atoms with Gasteiger partial charge in [-0.25, -0.2) is 18.5 Å². The van der Waals surface area contributed by atoms with Gasteiger partial charge in [0.2, 0.25) is 21.9 Å². The summed E-state index contributed by atoms with van der Waals surface area (Å²) in [6.45, 7) is 4.16. The van der Waals surface area contributed by atoms with Crippen LogP contribution in [0.3, 0.4) is 0 Å². The molecule has 1 aliphatic rings. The number of aromatic nitrogens is 2. The molecule has 1 unspecified atom stereocenters. The van der Waals surface area contributed by atoms with Gasteiger partial charge in [0.1, 0.15) is 11.7 Å². The van der Waals surface area contributed by atoms with E-state index in [4.69, 9.17) is 5.14 Å². The second-order valence-electron chi connectivity index (χ2n) is 7.25. The molecule has 28 heavy (non-hydrogen) atoms. The summed E-state index contributed by atoms with van der Waals surface area (Å²) in [5, 5.41) is 8.16. The van der Waals surface area contributed by atoms with Crippen LogP contribution in [0.15, 0.2) is 35.4 Å². The zero-order chi connectivity index (χ0) is 20.6. The van der Waals surface area contributed by atoms with Crippen LogP contribution in [0, 0.1) is 5.92 Å². The number of benzene rings is 1. The lowest BCUT2D eigenvalue weighted by atomic mass is 9.99. The molecule has 10 heteroatoms. The van der Waals surface area contributed by atoms with E-state index in [0.29, 0.717) is 29.1 Å². The first-order valence-corrected chi connectivity index (χ1v) is 10.4. The molecule has 0 aliphatic carbocycles. The highest BCUT2D eigenvalue weighted by atomic mass is 32.2. The molecule has 3 N–H and O–H groups in total. The Morgan fingerprint density at radius 2 is 1.86 bits per heavy atom. The summed E-state index contributed by atoms with van der Waals surface area (Å²) in [6, 6.07) is 5.71. The lowest BCUT2D eigenvalue weighted by Gasteiger charge is -2.39. The number of carbonyl (C=O) groups excluding carboxylic acids is 1. The first-order valence-electron chi connectivity index (χ1n) is 8.85. The minimum Gasteiger partial charge on any atom is -0.346 e. The molecule has 0 saturated heterocycles. The third-order valence-corrected chi connectivity index (χ3v) is 5.59. The van der Waals surface area contributed by atoms with E-state index in [0.717, 1.165) is 6.42 Å². The molecule has 2 heterocycles. The summed E-state index contributed by atoms with van der Waals surface area (Å²) >= 11 is 0. The number of fused-ring (bicyclic) bond motifs is 1. The number of rotatable bonds is 5. The zero-order valence-corrected chi connectivity index (χ0v) is 17.1. The largest absolute Gasteiger partial charge is 0.346 e. The van der Waals surface area contributed by atoms with Gasteiger partial charge in [0.15, 0.2) is 5.82 Å². The van der Waals surface area contributed by atoms with Crippen molar-refractivity contribution < 1.29 is 13.2 Å². The minimum atomic E-state index is -3.74. The number of amides is 1. The number of hydrogen-bond donors (Lipinski definition) is 2. The van der Waals surface area contributed by atoms with Crippen LogP contribution in [0.1, 0.15) is 20.3 Å². The van der Waals surface area contributed by atoms with Crippen LogP contribution in [-0.2, 0) is 14.8 Å². The Labute approximate surface area is 164 Å². The van der Waals surface area contributed by atoms with E-state index in [1.165, 1.54) is 12.1 Å². The molecule has 1 aliphatic heterocycles. The van der Waals surface area contributed by atoms with Crippen molar-refractivity contribution in [3.05, 3.63) is 30.5 Å². The van der Waals surface area contributed by atoms with E-state index in [1.807, 2.05) is 11.9 Å². The Balaban J connectivity index is 1.89. The Kier molecular flexibility index (Phi) is 5.26. The van der Waals surface area contributed by atoms with Gasteiger partial charge >= 0.3 is 0 Å². The second-order valence-corrected chi connectivity index (χ2v) is 8.81. The summed E-state index contributed by atoms with van der Waals surface area (Å²) in [6.07, 6.45) is 2.32. The van der Waals surface area contributed by atoms with Crippen molar-refractivity contribution in [2.45, 2.75) is 31.2 Å². The van der Waals surface area contributed by atoms with Crippen LogP contribution in [0.2, 0.25) is 0 Å². The topological polar surface area (TPSA) is 122 Å². The Morgan fingerprint density at radius 1 is 1.21 bits per heavy atom. The van der Waals surface area contributed by atoms with E-state index in [2.05, 4.69) is 29.1 Å². The van der Waals surface area contributed by atoms with E-state index < -0.39 is 10.0 Å². The number of nitrogens with two attached hydrogens (primary N) is 1. The van der Waals surface area contributed by atoms with E-state index in [1.54, 1.807) is 30.3 Å². The third kappa shape index (κ3) is 3.92. The third-order valence-electron chi connectivity index (χ3n) is 4.66. The van der Waals surface area contributed by atoms with Crippen LogP contribution >= 0.6 is 0 Å². The van der Waals surface area contributed by atoms with Gasteiger partial charge in [-0.1, -0.05) is 13.8 Å². The lowest BCUT2D eigenvalue weighted by molar-refractivity contribution is -0.120. The van der Waals surface area contributed by atoms with Gasteiger partial charge in [0.05, 0.1) is 11.1 Å². The van der Waals surface area contributed by atoms with Crippen molar-refractivity contribution in [1.82, 2.24) is 9.97 Å². The number of hydrogen-bond acceptors (Lipinski definition) is 7. The number of primary sulfonamides is 1. The summed E-state index contributed by atoms with van der Waals surface area (Å²) in [5.41, 5.74) is 1.26. The van der Waals surface area contributed by atoms with Crippen LogP contribution in [-0.4, -0.2) is 44.4 Å². The fraction of sp³-hybridized carbons (Fsp3) is 0.389. The normalized spacial score (nSPS) is 17.1. The number of nitrogens with one attached hydrogen (secondary N) is 1. The highest BCUT2D eigenvalue weighted by Gasteiger charge is 2.36. The molecule has 150 valence electrons. The van der Waals surface area contributed by atoms with Crippen LogP contribution in [0.4, 0.5) is 23.1 Å². The molecule has 1 aromatic heterocycles. The van der Waals surface area contributed by atoms with Crippen LogP contribution < -0.4 is 20.3 Å². The Bertz CT molecular complexity index is 991. The number of anilines is 4. The van der Waals surface area contributed by atoms with E-state index in [-0.39, 0.29) is 16.8 Å². The highest BCUT2D eigenvalue weighted by molar-refractivity contribution is 7.89. The highest BCUT2D eigenvalue weighted by Crippen LogP contribution is 2.34.